The molecule has 0 spiro atoms. The zero-order valence-electron chi connectivity index (χ0n) is 10.4. The van der Waals surface area contributed by atoms with Crippen LogP contribution in [0.1, 0.15) is 24.1 Å². The molecule has 2 nitrogen and oxygen atoms in total. The summed E-state index contributed by atoms with van der Waals surface area (Å²) in [6.45, 7) is 1.41. The van der Waals surface area contributed by atoms with Gasteiger partial charge < -0.3 is 10.5 Å². The Hall–Kier alpha value is -1.37. The molecule has 1 atom stereocenters. The smallest absolute Gasteiger partial charge is 0.340 e. The van der Waals surface area contributed by atoms with Gasteiger partial charge in [0, 0.05) is 11.6 Å². The van der Waals surface area contributed by atoms with E-state index in [4.69, 9.17) is 5.73 Å². The molecule has 0 amide bonds. The second-order valence-corrected chi connectivity index (χ2v) is 4.28. The molecular formula is C12H14F5NO. The molecule has 108 valence electrons. The fraction of sp³-hybridized carbons (Fsp3) is 0.500. The van der Waals surface area contributed by atoms with E-state index in [-0.39, 0.29) is 16.9 Å². The van der Waals surface area contributed by atoms with Gasteiger partial charge in [0.25, 0.3) is 0 Å². The molecule has 1 aromatic rings. The Balaban J connectivity index is 2.98. The topological polar surface area (TPSA) is 35.2 Å². The van der Waals surface area contributed by atoms with E-state index in [2.05, 4.69) is 4.74 Å². The molecule has 0 saturated carbocycles. The number of alkyl halides is 4. The van der Waals surface area contributed by atoms with Gasteiger partial charge in [-0.2, -0.15) is 8.78 Å². The zero-order valence-corrected chi connectivity index (χ0v) is 10.4. The predicted molar refractivity (Wildman–Crippen MR) is 60.2 cm³/mol. The molecule has 0 saturated heterocycles. The zero-order chi connectivity index (χ0) is 14.8. The Morgan fingerprint density at radius 3 is 2.37 bits per heavy atom. The highest BCUT2D eigenvalue weighted by molar-refractivity contribution is 5.39. The number of nitrogens with two attached hydrogens (primary N) is 1. The summed E-state index contributed by atoms with van der Waals surface area (Å²) >= 11 is 0. The molecule has 1 aromatic carbocycles. The van der Waals surface area contributed by atoms with Crippen LogP contribution in [0.15, 0.2) is 12.1 Å². The Kier molecular flexibility index (Phi) is 4.73. The number of hydrogen-bond donors (Lipinski definition) is 1. The lowest BCUT2D eigenvalue weighted by atomic mass is 10.1. The first-order valence-corrected chi connectivity index (χ1v) is 5.49. The van der Waals surface area contributed by atoms with Gasteiger partial charge in [-0.25, -0.2) is 13.2 Å². The number of hydrogen-bond acceptors (Lipinski definition) is 2. The monoisotopic (exact) mass is 283 g/mol. The van der Waals surface area contributed by atoms with E-state index in [9.17, 15) is 22.0 Å². The van der Waals surface area contributed by atoms with Crippen molar-refractivity contribution in [1.82, 2.24) is 0 Å². The average molecular weight is 283 g/mol. The van der Waals surface area contributed by atoms with E-state index in [0.29, 0.717) is 0 Å². The van der Waals surface area contributed by atoms with Crippen LogP contribution in [-0.4, -0.2) is 19.0 Å². The molecule has 0 fully saturated rings. The van der Waals surface area contributed by atoms with E-state index < -0.39 is 30.8 Å². The molecule has 0 heterocycles. The largest absolute Gasteiger partial charge is 0.487 e. The van der Waals surface area contributed by atoms with Crippen molar-refractivity contribution < 1.29 is 26.7 Å². The van der Waals surface area contributed by atoms with Crippen molar-refractivity contribution in [3.63, 3.8) is 0 Å². The Bertz CT molecular complexity index is 448. The maximum absolute atomic E-state index is 13.3. The third-order valence-electron chi connectivity index (χ3n) is 2.52. The van der Waals surface area contributed by atoms with Crippen molar-refractivity contribution in [2.75, 3.05) is 6.61 Å². The lowest BCUT2D eigenvalue weighted by Crippen LogP contribution is -2.34. The number of rotatable bonds is 5. The predicted octanol–water partition coefficient (Wildman–Crippen LogP) is 3.43. The molecule has 0 aliphatic heterocycles. The second kappa shape index (κ2) is 5.73. The van der Waals surface area contributed by atoms with Gasteiger partial charge in [0.1, 0.15) is 11.6 Å². The lowest BCUT2D eigenvalue weighted by molar-refractivity contribution is -0.148. The van der Waals surface area contributed by atoms with Crippen molar-refractivity contribution in [2.45, 2.75) is 32.2 Å². The average Bonchev–Trinajstić information content (AvgIpc) is 2.29. The van der Waals surface area contributed by atoms with Crippen LogP contribution in [0.4, 0.5) is 22.0 Å². The van der Waals surface area contributed by atoms with Crippen LogP contribution in [0.2, 0.25) is 0 Å². The van der Waals surface area contributed by atoms with Gasteiger partial charge >= 0.3 is 12.3 Å². The van der Waals surface area contributed by atoms with Gasteiger partial charge in [0.15, 0.2) is 6.61 Å². The van der Waals surface area contributed by atoms with Gasteiger partial charge in [-0.15, -0.1) is 0 Å². The molecule has 0 unspecified atom stereocenters. The summed E-state index contributed by atoms with van der Waals surface area (Å²) in [6.07, 6.45) is -3.83. The first kappa shape index (κ1) is 15.7. The molecule has 0 radical (unpaired) electrons. The maximum Gasteiger partial charge on any atom is 0.340 e. The number of benzene rings is 1. The Morgan fingerprint density at radius 1 is 1.32 bits per heavy atom. The standard InChI is InChI=1S/C12H14F5NO/c1-6-3-10(8(7(2)18)4-9(6)13)19-5-12(16,17)11(14)15/h3-4,7,11H,5,18H2,1-2H3/t7-/m0/s1. The minimum absolute atomic E-state index is 0.116. The first-order valence-electron chi connectivity index (χ1n) is 5.49. The minimum atomic E-state index is -4.27. The summed E-state index contributed by atoms with van der Waals surface area (Å²) < 4.78 is 67.6. The van der Waals surface area contributed by atoms with Gasteiger partial charge in [-0.1, -0.05) is 0 Å². The van der Waals surface area contributed by atoms with Crippen LogP contribution >= 0.6 is 0 Å². The highest BCUT2D eigenvalue weighted by Gasteiger charge is 2.41. The summed E-state index contributed by atoms with van der Waals surface area (Å²) in [6, 6.07) is 1.54. The highest BCUT2D eigenvalue weighted by atomic mass is 19.3. The summed E-state index contributed by atoms with van der Waals surface area (Å²) in [5.41, 5.74) is 5.85. The first-order chi connectivity index (χ1) is 8.65. The minimum Gasteiger partial charge on any atom is -0.487 e. The van der Waals surface area contributed by atoms with Gasteiger partial charge in [-0.3, -0.25) is 0 Å². The van der Waals surface area contributed by atoms with Crippen molar-refractivity contribution >= 4 is 0 Å². The van der Waals surface area contributed by atoms with Crippen LogP contribution in [0, 0.1) is 12.7 Å². The van der Waals surface area contributed by atoms with Crippen LogP contribution in [0.5, 0.6) is 5.75 Å². The quantitative estimate of drug-likeness (QED) is 0.840. The third-order valence-corrected chi connectivity index (χ3v) is 2.52. The van der Waals surface area contributed by atoms with Crippen molar-refractivity contribution in [3.05, 3.63) is 29.1 Å². The van der Waals surface area contributed by atoms with E-state index in [1.807, 2.05) is 0 Å². The van der Waals surface area contributed by atoms with Crippen molar-refractivity contribution in [1.29, 1.82) is 0 Å². The molecule has 0 bridgehead atoms. The molecular weight excluding hydrogens is 269 g/mol. The number of ether oxygens (including phenoxy) is 1. The highest BCUT2D eigenvalue weighted by Crippen LogP contribution is 2.30. The van der Waals surface area contributed by atoms with Crippen LogP contribution in [0.3, 0.4) is 0 Å². The maximum atomic E-state index is 13.3. The van der Waals surface area contributed by atoms with Crippen LogP contribution in [0.25, 0.3) is 0 Å². The normalized spacial score (nSPS) is 13.7. The summed E-state index contributed by atoms with van der Waals surface area (Å²) in [4.78, 5) is 0. The lowest BCUT2D eigenvalue weighted by Gasteiger charge is -2.19. The van der Waals surface area contributed by atoms with Gasteiger partial charge in [0.2, 0.25) is 0 Å². The van der Waals surface area contributed by atoms with E-state index in [1.165, 1.54) is 13.8 Å². The Labute approximate surface area is 107 Å². The second-order valence-electron chi connectivity index (χ2n) is 4.28. The fourth-order valence-corrected chi connectivity index (χ4v) is 1.39. The van der Waals surface area contributed by atoms with E-state index >= 15 is 0 Å². The molecule has 1 rings (SSSR count). The summed E-state index contributed by atoms with van der Waals surface area (Å²) in [7, 11) is 0. The molecule has 0 aliphatic rings. The molecule has 0 aliphatic carbocycles. The van der Waals surface area contributed by atoms with E-state index in [1.54, 1.807) is 0 Å². The van der Waals surface area contributed by atoms with E-state index in [0.717, 1.165) is 12.1 Å². The number of aryl methyl sites for hydroxylation is 1. The Morgan fingerprint density at radius 2 is 1.89 bits per heavy atom. The third kappa shape index (κ3) is 3.79. The fourth-order valence-electron chi connectivity index (χ4n) is 1.39. The van der Waals surface area contributed by atoms with Crippen LogP contribution < -0.4 is 10.5 Å². The molecule has 19 heavy (non-hydrogen) atoms. The summed E-state index contributed by atoms with van der Waals surface area (Å²) in [5.74, 6) is -4.95. The SMILES string of the molecule is Cc1cc(OCC(F)(F)C(F)F)c([C@H](C)N)cc1F. The van der Waals surface area contributed by atoms with Crippen molar-refractivity contribution in [3.8, 4) is 5.75 Å². The number of halogens is 5. The van der Waals surface area contributed by atoms with Gasteiger partial charge in [0.05, 0.1) is 0 Å². The molecule has 2 N–H and O–H groups in total. The summed E-state index contributed by atoms with van der Waals surface area (Å²) in [5, 5.41) is 0. The van der Waals surface area contributed by atoms with Gasteiger partial charge in [-0.05, 0) is 31.5 Å². The molecule has 7 heteroatoms. The van der Waals surface area contributed by atoms with Crippen LogP contribution in [-0.2, 0) is 0 Å². The van der Waals surface area contributed by atoms with Crippen molar-refractivity contribution in [2.24, 2.45) is 5.73 Å². The molecule has 0 aromatic heterocycles.